The van der Waals surface area contributed by atoms with Gasteiger partial charge in [-0.1, -0.05) is 35.9 Å². The summed E-state index contributed by atoms with van der Waals surface area (Å²) < 4.78 is 11.6. The summed E-state index contributed by atoms with van der Waals surface area (Å²) in [5.41, 5.74) is 0.933. The smallest absolute Gasteiger partial charge is 0.219 e. The number of aryl methyl sites for hydroxylation is 1. The van der Waals surface area contributed by atoms with Crippen molar-refractivity contribution in [3.8, 4) is 0 Å². The number of rotatable bonds is 3. The molecule has 0 saturated carbocycles. The van der Waals surface area contributed by atoms with Gasteiger partial charge in [0, 0.05) is 0 Å². The van der Waals surface area contributed by atoms with Crippen LogP contribution in [0.5, 0.6) is 0 Å². The highest BCUT2D eigenvalue weighted by molar-refractivity contribution is 5.11. The van der Waals surface area contributed by atoms with Crippen molar-refractivity contribution < 1.29 is 9.47 Å². The van der Waals surface area contributed by atoms with Crippen molar-refractivity contribution in [2.24, 2.45) is 0 Å². The first kappa shape index (κ1) is 20.1. The second-order valence-electron chi connectivity index (χ2n) is 7.39. The molecule has 0 aliphatic heterocycles. The average Bonchev–Trinajstić information content (AvgIpc) is 2.26. The Morgan fingerprint density at radius 2 is 1.19 bits per heavy atom. The van der Waals surface area contributed by atoms with Gasteiger partial charge in [-0.15, -0.1) is 0 Å². The Bertz CT molecular complexity index is 358. The number of benzene rings is 1. The lowest BCUT2D eigenvalue weighted by Gasteiger charge is -2.35. The summed E-state index contributed by atoms with van der Waals surface area (Å²) in [7, 11) is 3.89. The van der Waals surface area contributed by atoms with E-state index in [1.54, 1.807) is 0 Å². The molecule has 0 aromatic heterocycles. The maximum atomic E-state index is 5.78. The highest BCUT2D eigenvalue weighted by Gasteiger charge is 2.25. The normalized spacial score (nSPS) is 12.3. The predicted molar refractivity (Wildman–Crippen MR) is 90.3 cm³/mol. The van der Waals surface area contributed by atoms with E-state index in [-0.39, 0.29) is 17.6 Å². The van der Waals surface area contributed by atoms with Crippen LogP contribution in [0.3, 0.4) is 0 Å². The monoisotopic (exact) mass is 295 g/mol. The summed E-state index contributed by atoms with van der Waals surface area (Å²) in [6, 6.07) is 10.3. The molecule has 3 nitrogen and oxygen atoms in total. The Labute approximate surface area is 131 Å². The minimum absolute atomic E-state index is 0.194. The third-order valence-corrected chi connectivity index (χ3v) is 2.27. The van der Waals surface area contributed by atoms with E-state index in [4.69, 9.17) is 9.47 Å². The molecule has 0 heterocycles. The Morgan fingerprint density at radius 1 is 0.810 bits per heavy atom. The van der Waals surface area contributed by atoms with Crippen molar-refractivity contribution in [1.29, 1.82) is 0 Å². The van der Waals surface area contributed by atoms with Crippen molar-refractivity contribution >= 4 is 0 Å². The summed E-state index contributed by atoms with van der Waals surface area (Å²) in [6.45, 7) is 14.2. The van der Waals surface area contributed by atoms with Crippen molar-refractivity contribution in [2.75, 3.05) is 14.1 Å². The van der Waals surface area contributed by atoms with Gasteiger partial charge in [-0.2, -0.15) is 0 Å². The number of hydrogen-bond donors (Lipinski definition) is 0. The second-order valence-corrected chi connectivity index (χ2v) is 7.39. The Kier molecular flexibility index (Phi) is 8.16. The molecule has 21 heavy (non-hydrogen) atoms. The summed E-state index contributed by atoms with van der Waals surface area (Å²) in [4.78, 5) is 1.93. The van der Waals surface area contributed by atoms with Crippen LogP contribution < -0.4 is 0 Å². The van der Waals surface area contributed by atoms with Crippen LogP contribution in [0.4, 0.5) is 0 Å². The molecule has 3 heteroatoms. The van der Waals surface area contributed by atoms with Crippen LogP contribution in [0, 0.1) is 6.92 Å². The fraction of sp³-hybridized carbons (Fsp3) is 0.667. The summed E-state index contributed by atoms with van der Waals surface area (Å²) in [5.74, 6) is 0. The minimum Gasteiger partial charge on any atom is -0.334 e. The highest BCUT2D eigenvalue weighted by atomic mass is 16.7. The molecule has 0 aliphatic carbocycles. The van der Waals surface area contributed by atoms with Gasteiger partial charge in [-0.05, 0) is 62.6 Å². The standard InChI is InChI=1S/C11H25NO2.C7H8/c1-10(2,3)13-9(12(7)8)14-11(4,5)6;1-7-5-3-2-4-6-7/h9H,1-8H3;2-6H,1H3. The Balaban J connectivity index is 0.000000471. The molecule has 0 N–H and O–H groups in total. The zero-order chi connectivity index (χ0) is 16.7. The molecular formula is C18H33NO2. The molecule has 0 radical (unpaired) electrons. The van der Waals surface area contributed by atoms with E-state index in [1.165, 1.54) is 5.56 Å². The topological polar surface area (TPSA) is 21.7 Å². The maximum Gasteiger partial charge on any atom is 0.219 e. The first-order chi connectivity index (χ1) is 9.41. The quantitative estimate of drug-likeness (QED) is 0.769. The summed E-state index contributed by atoms with van der Waals surface area (Å²) in [5, 5.41) is 0. The molecule has 1 rings (SSSR count). The van der Waals surface area contributed by atoms with Crippen LogP contribution >= 0.6 is 0 Å². The van der Waals surface area contributed by atoms with Crippen molar-refractivity contribution in [1.82, 2.24) is 4.90 Å². The summed E-state index contributed by atoms with van der Waals surface area (Å²) in [6.07, 6.45) is -0.296. The van der Waals surface area contributed by atoms with E-state index in [0.717, 1.165) is 0 Å². The lowest BCUT2D eigenvalue weighted by molar-refractivity contribution is -0.285. The Morgan fingerprint density at radius 3 is 1.38 bits per heavy atom. The highest BCUT2D eigenvalue weighted by Crippen LogP contribution is 2.18. The van der Waals surface area contributed by atoms with Crippen LogP contribution in [0.1, 0.15) is 47.1 Å². The van der Waals surface area contributed by atoms with Crippen LogP contribution in [0.25, 0.3) is 0 Å². The van der Waals surface area contributed by atoms with Gasteiger partial charge in [-0.3, -0.25) is 4.90 Å². The van der Waals surface area contributed by atoms with Gasteiger partial charge in [0.2, 0.25) is 6.41 Å². The average molecular weight is 295 g/mol. The third-order valence-electron chi connectivity index (χ3n) is 2.27. The minimum atomic E-state index is -0.296. The number of nitrogens with zero attached hydrogens (tertiary/aromatic N) is 1. The van der Waals surface area contributed by atoms with Gasteiger partial charge in [0.15, 0.2) is 0 Å². The van der Waals surface area contributed by atoms with Crippen LogP contribution in [-0.2, 0) is 9.47 Å². The first-order valence-corrected chi connectivity index (χ1v) is 7.44. The van der Waals surface area contributed by atoms with Crippen molar-refractivity contribution in [3.05, 3.63) is 35.9 Å². The van der Waals surface area contributed by atoms with E-state index < -0.39 is 0 Å². The number of hydrogen-bond acceptors (Lipinski definition) is 3. The van der Waals surface area contributed by atoms with Gasteiger partial charge >= 0.3 is 0 Å². The molecular weight excluding hydrogens is 262 g/mol. The molecule has 0 amide bonds. The van der Waals surface area contributed by atoms with Gasteiger partial charge in [0.05, 0.1) is 11.2 Å². The van der Waals surface area contributed by atoms with Gasteiger partial charge < -0.3 is 9.47 Å². The van der Waals surface area contributed by atoms with Crippen LogP contribution in [0.2, 0.25) is 0 Å². The fourth-order valence-corrected chi connectivity index (χ4v) is 1.37. The molecule has 0 atom stereocenters. The summed E-state index contributed by atoms with van der Waals surface area (Å²) >= 11 is 0. The second kappa shape index (κ2) is 8.52. The van der Waals surface area contributed by atoms with E-state index in [2.05, 4.69) is 19.1 Å². The lowest BCUT2D eigenvalue weighted by atomic mass is 10.2. The van der Waals surface area contributed by atoms with Crippen LogP contribution in [0.15, 0.2) is 30.3 Å². The maximum absolute atomic E-state index is 5.78. The molecule has 1 aromatic carbocycles. The number of ether oxygens (including phenoxy) is 2. The molecule has 122 valence electrons. The predicted octanol–water partition coefficient (Wildman–Crippen LogP) is 4.46. The third kappa shape index (κ3) is 12.5. The van der Waals surface area contributed by atoms with Gasteiger partial charge in [-0.25, -0.2) is 0 Å². The molecule has 0 spiro atoms. The molecule has 0 saturated heterocycles. The molecule has 0 fully saturated rings. The zero-order valence-electron chi connectivity index (χ0n) is 15.2. The first-order valence-electron chi connectivity index (χ1n) is 7.44. The largest absolute Gasteiger partial charge is 0.334 e. The fourth-order valence-electron chi connectivity index (χ4n) is 1.37. The Hall–Kier alpha value is -0.900. The van der Waals surface area contributed by atoms with E-state index >= 15 is 0 Å². The zero-order valence-corrected chi connectivity index (χ0v) is 15.2. The van der Waals surface area contributed by atoms with Gasteiger partial charge in [0.1, 0.15) is 0 Å². The molecule has 0 unspecified atom stereocenters. The SMILES string of the molecule is CN(C)C(OC(C)(C)C)OC(C)(C)C.Cc1ccccc1. The lowest BCUT2D eigenvalue weighted by Crippen LogP contribution is -2.43. The van der Waals surface area contributed by atoms with E-state index in [9.17, 15) is 0 Å². The van der Waals surface area contributed by atoms with E-state index in [1.807, 2.05) is 78.7 Å². The van der Waals surface area contributed by atoms with Crippen molar-refractivity contribution in [3.63, 3.8) is 0 Å². The van der Waals surface area contributed by atoms with Crippen LogP contribution in [-0.4, -0.2) is 36.6 Å². The molecule has 0 aliphatic rings. The molecule has 1 aromatic rings. The molecule has 0 bridgehead atoms. The van der Waals surface area contributed by atoms with E-state index in [0.29, 0.717) is 0 Å². The van der Waals surface area contributed by atoms with Crippen molar-refractivity contribution in [2.45, 2.75) is 66.1 Å². The van der Waals surface area contributed by atoms with Gasteiger partial charge in [0.25, 0.3) is 0 Å².